The number of esters is 2. The molecule has 0 aliphatic rings. The number of ether oxygens (including phenoxy) is 3. The molecule has 0 aliphatic heterocycles. The topological polar surface area (TPSA) is 79.7 Å². The zero-order chi connectivity index (χ0) is 24.1. The highest BCUT2D eigenvalue weighted by Gasteiger charge is 2.33. The van der Waals surface area contributed by atoms with Gasteiger partial charge in [-0.15, -0.1) is 0 Å². The van der Waals surface area contributed by atoms with E-state index in [1.807, 2.05) is 13.8 Å². The van der Waals surface area contributed by atoms with Gasteiger partial charge in [0.2, 0.25) is 0 Å². The largest absolute Gasteiger partial charge is 0.490 e. The summed E-state index contributed by atoms with van der Waals surface area (Å²) < 4.78 is 45.6. The number of halogens is 2. The number of methoxy groups -OCH3 is 2. The first-order chi connectivity index (χ1) is 15.8. The minimum atomic E-state index is -0.960. The van der Waals surface area contributed by atoms with Crippen LogP contribution in [0.5, 0.6) is 5.75 Å². The molecule has 174 valence electrons. The van der Waals surface area contributed by atoms with Crippen LogP contribution in [0.15, 0.2) is 42.5 Å². The predicted molar refractivity (Wildman–Crippen MR) is 117 cm³/mol. The first-order valence-corrected chi connectivity index (χ1v) is 10.3. The van der Waals surface area contributed by atoms with E-state index in [1.54, 1.807) is 30.3 Å². The van der Waals surface area contributed by atoms with Crippen molar-refractivity contribution in [2.45, 2.75) is 20.3 Å². The van der Waals surface area contributed by atoms with E-state index in [4.69, 9.17) is 14.2 Å². The molecule has 7 nitrogen and oxygen atoms in total. The van der Waals surface area contributed by atoms with Crippen LogP contribution in [0.4, 0.5) is 8.78 Å². The predicted octanol–water partition coefficient (Wildman–Crippen LogP) is 4.82. The Morgan fingerprint density at radius 2 is 1.70 bits per heavy atom. The van der Waals surface area contributed by atoms with Crippen molar-refractivity contribution in [1.82, 2.24) is 9.78 Å². The molecule has 0 bridgehead atoms. The van der Waals surface area contributed by atoms with Crippen molar-refractivity contribution in [1.29, 1.82) is 0 Å². The molecule has 0 amide bonds. The first-order valence-electron chi connectivity index (χ1n) is 10.3. The fraction of sp³-hybridized carbons (Fsp3) is 0.292. The van der Waals surface area contributed by atoms with E-state index >= 15 is 0 Å². The van der Waals surface area contributed by atoms with Crippen LogP contribution >= 0.6 is 0 Å². The second kappa shape index (κ2) is 10.2. The lowest BCUT2D eigenvalue weighted by atomic mass is 10.0. The van der Waals surface area contributed by atoms with Crippen molar-refractivity contribution < 1.29 is 32.6 Å². The van der Waals surface area contributed by atoms with E-state index in [2.05, 4.69) is 5.10 Å². The molecule has 33 heavy (non-hydrogen) atoms. The van der Waals surface area contributed by atoms with Gasteiger partial charge >= 0.3 is 11.9 Å². The minimum absolute atomic E-state index is 0.128. The van der Waals surface area contributed by atoms with Gasteiger partial charge in [-0.25, -0.2) is 23.1 Å². The third-order valence-corrected chi connectivity index (χ3v) is 4.86. The molecule has 0 aliphatic carbocycles. The van der Waals surface area contributed by atoms with E-state index in [-0.39, 0.29) is 40.8 Å². The van der Waals surface area contributed by atoms with Crippen LogP contribution in [0.1, 0.15) is 41.1 Å². The zero-order valence-electron chi connectivity index (χ0n) is 18.7. The summed E-state index contributed by atoms with van der Waals surface area (Å²) in [6.45, 7) is 4.11. The number of hydrogen-bond acceptors (Lipinski definition) is 6. The van der Waals surface area contributed by atoms with E-state index in [0.717, 1.165) is 20.3 Å². The second-order valence-corrected chi connectivity index (χ2v) is 7.60. The van der Waals surface area contributed by atoms with E-state index in [0.29, 0.717) is 18.2 Å². The van der Waals surface area contributed by atoms with Crippen LogP contribution in [-0.4, -0.2) is 42.5 Å². The summed E-state index contributed by atoms with van der Waals surface area (Å²) in [5.74, 6) is -3.66. The normalized spacial score (nSPS) is 10.9. The number of hydrogen-bond donors (Lipinski definition) is 0. The van der Waals surface area contributed by atoms with Crippen molar-refractivity contribution in [3.63, 3.8) is 0 Å². The average molecular weight is 458 g/mol. The molecule has 0 unspecified atom stereocenters. The Morgan fingerprint density at radius 1 is 1.03 bits per heavy atom. The highest BCUT2D eigenvalue weighted by atomic mass is 19.1. The summed E-state index contributed by atoms with van der Waals surface area (Å²) >= 11 is 0. The number of nitrogens with zero attached hydrogens (tertiary/aromatic N) is 2. The fourth-order valence-corrected chi connectivity index (χ4v) is 3.22. The van der Waals surface area contributed by atoms with Crippen molar-refractivity contribution in [2.24, 2.45) is 5.92 Å². The lowest BCUT2D eigenvalue weighted by Crippen LogP contribution is -2.15. The molecular weight excluding hydrogens is 434 g/mol. The Hall–Kier alpha value is -3.75. The Balaban J connectivity index is 2.32. The lowest BCUT2D eigenvalue weighted by Gasteiger charge is -2.13. The molecule has 2 aromatic carbocycles. The van der Waals surface area contributed by atoms with E-state index in [9.17, 15) is 18.4 Å². The summed E-state index contributed by atoms with van der Waals surface area (Å²) in [5.41, 5.74) is -0.427. The summed E-state index contributed by atoms with van der Waals surface area (Å²) in [4.78, 5) is 25.5. The quantitative estimate of drug-likeness (QED) is 0.451. The SMILES string of the molecule is COC(=O)c1c(-c2cc(F)cc(F)c2OCCC(C)C)nn(-c2ccccc2)c1C(=O)OC. The molecule has 0 spiro atoms. The van der Waals surface area contributed by atoms with Gasteiger partial charge in [-0.05, 0) is 30.5 Å². The molecule has 0 saturated heterocycles. The Labute approximate surface area is 189 Å². The van der Waals surface area contributed by atoms with E-state index in [1.165, 1.54) is 4.68 Å². The summed E-state index contributed by atoms with van der Waals surface area (Å²) in [5, 5.41) is 4.38. The van der Waals surface area contributed by atoms with Crippen LogP contribution < -0.4 is 4.74 Å². The molecule has 0 saturated carbocycles. The molecule has 1 aromatic heterocycles. The molecule has 3 rings (SSSR count). The maximum absolute atomic E-state index is 14.8. The highest BCUT2D eigenvalue weighted by molar-refractivity contribution is 6.07. The summed E-state index contributed by atoms with van der Waals surface area (Å²) in [7, 11) is 2.27. The Kier molecular flexibility index (Phi) is 7.42. The highest BCUT2D eigenvalue weighted by Crippen LogP contribution is 2.37. The van der Waals surface area contributed by atoms with Crippen LogP contribution in [0.2, 0.25) is 0 Å². The molecule has 0 N–H and O–H groups in total. The number of carbonyl (C=O) groups excluding carboxylic acids is 2. The number of aromatic nitrogens is 2. The molecule has 0 fully saturated rings. The lowest BCUT2D eigenvalue weighted by molar-refractivity contribution is 0.0549. The molecule has 0 atom stereocenters. The average Bonchev–Trinajstić information content (AvgIpc) is 3.20. The maximum Gasteiger partial charge on any atom is 0.357 e. The van der Waals surface area contributed by atoms with Crippen LogP contribution in [0.25, 0.3) is 16.9 Å². The molecule has 9 heteroatoms. The van der Waals surface area contributed by atoms with Gasteiger partial charge in [0.1, 0.15) is 17.1 Å². The second-order valence-electron chi connectivity index (χ2n) is 7.60. The van der Waals surface area contributed by atoms with Gasteiger partial charge in [0, 0.05) is 6.07 Å². The first kappa shape index (κ1) is 23.9. The molecular formula is C24H24F2N2O5. The number of para-hydroxylation sites is 1. The molecule has 0 radical (unpaired) electrons. The van der Waals surface area contributed by atoms with Gasteiger partial charge in [-0.2, -0.15) is 5.10 Å². The van der Waals surface area contributed by atoms with Crippen molar-refractivity contribution in [3.05, 3.63) is 65.4 Å². The van der Waals surface area contributed by atoms with Crippen molar-refractivity contribution in [3.8, 4) is 22.7 Å². The van der Waals surface area contributed by atoms with Crippen LogP contribution in [0.3, 0.4) is 0 Å². The number of rotatable bonds is 8. The van der Waals surface area contributed by atoms with Gasteiger partial charge in [-0.3, -0.25) is 0 Å². The third kappa shape index (κ3) is 5.02. The number of carbonyl (C=O) groups is 2. The van der Waals surface area contributed by atoms with Crippen molar-refractivity contribution >= 4 is 11.9 Å². The molecule has 3 aromatic rings. The van der Waals surface area contributed by atoms with Crippen molar-refractivity contribution in [2.75, 3.05) is 20.8 Å². The van der Waals surface area contributed by atoms with Gasteiger partial charge in [-0.1, -0.05) is 32.0 Å². The Bertz CT molecular complexity index is 1160. The van der Waals surface area contributed by atoms with Gasteiger partial charge in [0.25, 0.3) is 0 Å². The maximum atomic E-state index is 14.8. The fourth-order valence-electron chi connectivity index (χ4n) is 3.22. The van der Waals surface area contributed by atoms with Crippen LogP contribution in [-0.2, 0) is 9.47 Å². The smallest absolute Gasteiger partial charge is 0.357 e. The minimum Gasteiger partial charge on any atom is -0.490 e. The summed E-state index contributed by atoms with van der Waals surface area (Å²) in [6.07, 6.45) is 0.617. The van der Waals surface area contributed by atoms with Gasteiger partial charge in [0.05, 0.1) is 32.1 Å². The summed E-state index contributed by atoms with van der Waals surface area (Å²) in [6, 6.07) is 10.2. The monoisotopic (exact) mass is 458 g/mol. The van der Waals surface area contributed by atoms with Gasteiger partial charge in [0.15, 0.2) is 17.3 Å². The zero-order valence-corrected chi connectivity index (χ0v) is 18.7. The van der Waals surface area contributed by atoms with Crippen LogP contribution in [0, 0.1) is 17.6 Å². The standard InChI is InChI=1S/C24H24F2N2O5/c1-14(2)10-11-33-22-17(12-15(25)13-18(22)26)20-19(23(29)31-3)21(24(30)32-4)28(27-20)16-8-6-5-7-9-16/h5-9,12-14H,10-11H2,1-4H3. The number of benzene rings is 2. The van der Waals surface area contributed by atoms with E-state index < -0.39 is 23.6 Å². The Morgan fingerprint density at radius 3 is 2.30 bits per heavy atom. The third-order valence-electron chi connectivity index (χ3n) is 4.86. The van der Waals surface area contributed by atoms with Gasteiger partial charge < -0.3 is 14.2 Å². The molecule has 1 heterocycles.